The average Bonchev–Trinajstić information content (AvgIpc) is 2.59. The second-order valence-electron chi connectivity index (χ2n) is 6.66. The quantitative estimate of drug-likeness (QED) is 0.828. The van der Waals surface area contributed by atoms with E-state index in [1.54, 1.807) is 6.20 Å². The maximum Gasteiger partial charge on any atom is 0.275 e. The van der Waals surface area contributed by atoms with Gasteiger partial charge in [0.25, 0.3) is 5.91 Å². The fourth-order valence-corrected chi connectivity index (χ4v) is 3.60. The number of hydrogen-bond acceptors (Lipinski definition) is 4. The number of rotatable bonds is 4. The summed E-state index contributed by atoms with van der Waals surface area (Å²) in [6.45, 7) is 3.88. The Balaban J connectivity index is 1.66. The van der Waals surface area contributed by atoms with Gasteiger partial charge in [0.05, 0.1) is 23.1 Å². The van der Waals surface area contributed by atoms with E-state index in [9.17, 15) is 4.79 Å². The predicted octanol–water partition coefficient (Wildman–Crippen LogP) is 4.74. The van der Waals surface area contributed by atoms with Gasteiger partial charge in [0.15, 0.2) is 0 Å². The lowest BCUT2D eigenvalue weighted by Gasteiger charge is -2.23. The van der Waals surface area contributed by atoms with Gasteiger partial charge < -0.3 is 10.6 Å². The number of benzene rings is 1. The van der Waals surface area contributed by atoms with Crippen molar-refractivity contribution in [3.63, 3.8) is 0 Å². The number of anilines is 2. The summed E-state index contributed by atoms with van der Waals surface area (Å²) in [5.41, 5.74) is 2.86. The summed E-state index contributed by atoms with van der Waals surface area (Å²) in [6, 6.07) is 4.26. The molecule has 1 saturated carbocycles. The molecule has 1 heterocycles. The number of nitrogens with zero attached hydrogens (tertiary/aromatic N) is 2. The Kier molecular flexibility index (Phi) is 5.53. The zero-order valence-corrected chi connectivity index (χ0v) is 15.4. The largest absolute Gasteiger partial charge is 0.366 e. The molecule has 0 atom stereocenters. The summed E-state index contributed by atoms with van der Waals surface area (Å²) < 4.78 is 0. The summed E-state index contributed by atoms with van der Waals surface area (Å²) in [7, 11) is 0. The van der Waals surface area contributed by atoms with Crippen LogP contribution in [0.4, 0.5) is 11.5 Å². The molecule has 0 radical (unpaired) electrons. The molecule has 0 bridgehead atoms. The molecule has 0 unspecified atom stereocenters. The van der Waals surface area contributed by atoms with Crippen LogP contribution in [0.3, 0.4) is 0 Å². The third kappa shape index (κ3) is 4.48. The van der Waals surface area contributed by atoms with Gasteiger partial charge in [-0.1, -0.05) is 36.9 Å². The summed E-state index contributed by atoms with van der Waals surface area (Å²) in [4.78, 5) is 21.0. The Morgan fingerprint density at radius 2 is 1.88 bits per heavy atom. The molecule has 0 aliphatic heterocycles. The molecule has 5 nitrogen and oxygen atoms in total. The van der Waals surface area contributed by atoms with Crippen LogP contribution >= 0.6 is 11.6 Å². The number of hydrogen-bond donors (Lipinski definition) is 2. The number of carbonyl (C=O) groups is 1. The van der Waals surface area contributed by atoms with Crippen LogP contribution in [-0.2, 0) is 0 Å². The van der Waals surface area contributed by atoms with E-state index in [1.807, 2.05) is 26.0 Å². The van der Waals surface area contributed by atoms with Crippen LogP contribution in [0.1, 0.15) is 53.7 Å². The van der Waals surface area contributed by atoms with Gasteiger partial charge in [0.2, 0.25) is 0 Å². The second kappa shape index (κ2) is 7.83. The fraction of sp³-hybridized carbons (Fsp3) is 0.421. The van der Waals surface area contributed by atoms with Crippen molar-refractivity contribution in [1.29, 1.82) is 0 Å². The molecule has 1 amide bonds. The normalized spacial score (nSPS) is 15.0. The highest BCUT2D eigenvalue weighted by molar-refractivity contribution is 6.34. The van der Waals surface area contributed by atoms with Crippen LogP contribution in [0.2, 0.25) is 5.02 Å². The summed E-state index contributed by atoms with van der Waals surface area (Å²) in [5.74, 6) is 0.401. The third-order valence-electron chi connectivity index (χ3n) is 4.51. The lowest BCUT2D eigenvalue weighted by molar-refractivity contribution is 0.102. The number of carbonyl (C=O) groups excluding carboxylic acids is 1. The van der Waals surface area contributed by atoms with Crippen molar-refractivity contribution in [2.24, 2.45) is 0 Å². The Morgan fingerprint density at radius 3 is 2.52 bits per heavy atom. The molecule has 6 heteroatoms. The van der Waals surface area contributed by atoms with Crippen molar-refractivity contribution in [3.05, 3.63) is 46.4 Å². The number of aromatic nitrogens is 2. The minimum Gasteiger partial charge on any atom is -0.366 e. The van der Waals surface area contributed by atoms with Crippen molar-refractivity contribution in [1.82, 2.24) is 9.97 Å². The number of amides is 1. The van der Waals surface area contributed by atoms with Crippen molar-refractivity contribution in [3.8, 4) is 0 Å². The summed E-state index contributed by atoms with van der Waals surface area (Å²) >= 11 is 6.24. The van der Waals surface area contributed by atoms with E-state index in [1.165, 1.54) is 25.5 Å². The van der Waals surface area contributed by atoms with Crippen LogP contribution < -0.4 is 10.6 Å². The maximum atomic E-state index is 12.4. The first-order valence-electron chi connectivity index (χ1n) is 8.69. The molecular formula is C19H23ClN4O. The summed E-state index contributed by atoms with van der Waals surface area (Å²) in [6.07, 6.45) is 9.25. The van der Waals surface area contributed by atoms with Crippen molar-refractivity contribution < 1.29 is 4.79 Å². The van der Waals surface area contributed by atoms with E-state index in [-0.39, 0.29) is 11.6 Å². The van der Waals surface area contributed by atoms with E-state index in [4.69, 9.17) is 11.6 Å². The van der Waals surface area contributed by atoms with Gasteiger partial charge >= 0.3 is 0 Å². The zero-order valence-electron chi connectivity index (χ0n) is 14.6. The van der Waals surface area contributed by atoms with Crippen LogP contribution in [0.5, 0.6) is 0 Å². The van der Waals surface area contributed by atoms with Gasteiger partial charge in [0.1, 0.15) is 11.5 Å². The smallest absolute Gasteiger partial charge is 0.275 e. The second-order valence-corrected chi connectivity index (χ2v) is 7.07. The molecule has 2 N–H and O–H groups in total. The van der Waals surface area contributed by atoms with Crippen LogP contribution in [0.25, 0.3) is 0 Å². The molecule has 132 valence electrons. The lowest BCUT2D eigenvalue weighted by Crippen LogP contribution is -2.23. The van der Waals surface area contributed by atoms with Crippen molar-refractivity contribution >= 4 is 29.0 Å². The third-order valence-corrected chi connectivity index (χ3v) is 4.81. The predicted molar refractivity (Wildman–Crippen MR) is 101 cm³/mol. The van der Waals surface area contributed by atoms with Crippen LogP contribution in [0, 0.1) is 13.8 Å². The Bertz CT molecular complexity index is 732. The fourth-order valence-electron chi connectivity index (χ4n) is 3.23. The number of aryl methyl sites for hydroxylation is 2. The lowest BCUT2D eigenvalue weighted by atomic mass is 9.96. The van der Waals surface area contributed by atoms with Crippen LogP contribution in [-0.4, -0.2) is 21.9 Å². The van der Waals surface area contributed by atoms with Gasteiger partial charge in [0, 0.05) is 6.04 Å². The first-order chi connectivity index (χ1) is 12.0. The van der Waals surface area contributed by atoms with Gasteiger partial charge in [-0.05, 0) is 43.9 Å². The topological polar surface area (TPSA) is 66.9 Å². The van der Waals surface area contributed by atoms with Crippen molar-refractivity contribution in [2.45, 2.75) is 52.0 Å². The van der Waals surface area contributed by atoms with Gasteiger partial charge in [-0.3, -0.25) is 4.79 Å². The summed E-state index contributed by atoms with van der Waals surface area (Å²) in [5, 5.41) is 6.75. The zero-order chi connectivity index (χ0) is 17.8. The minimum absolute atomic E-state index is 0.269. The molecular weight excluding hydrogens is 336 g/mol. The first kappa shape index (κ1) is 17.7. The SMILES string of the molecule is Cc1cc(C)c(NC(=O)c2cnc(NC3CCCCC3)cn2)c(Cl)c1. The van der Waals surface area contributed by atoms with Crippen molar-refractivity contribution in [2.75, 3.05) is 10.6 Å². The Morgan fingerprint density at radius 1 is 1.12 bits per heavy atom. The maximum absolute atomic E-state index is 12.4. The Hall–Kier alpha value is -2.14. The molecule has 0 saturated heterocycles. The van der Waals surface area contributed by atoms with E-state index < -0.39 is 0 Å². The monoisotopic (exact) mass is 358 g/mol. The molecule has 2 aromatic rings. The highest BCUT2D eigenvalue weighted by atomic mass is 35.5. The molecule has 0 spiro atoms. The number of halogens is 1. The molecule has 1 aliphatic carbocycles. The molecule has 25 heavy (non-hydrogen) atoms. The average molecular weight is 359 g/mol. The van der Waals surface area contributed by atoms with E-state index in [2.05, 4.69) is 20.6 Å². The highest BCUT2D eigenvalue weighted by Crippen LogP contribution is 2.27. The molecule has 3 rings (SSSR count). The van der Waals surface area contributed by atoms with E-state index in [0.717, 1.165) is 24.0 Å². The molecule has 1 aliphatic rings. The van der Waals surface area contributed by atoms with E-state index >= 15 is 0 Å². The minimum atomic E-state index is -0.314. The number of nitrogens with one attached hydrogen (secondary N) is 2. The first-order valence-corrected chi connectivity index (χ1v) is 9.07. The van der Waals surface area contributed by atoms with Gasteiger partial charge in [-0.15, -0.1) is 0 Å². The van der Waals surface area contributed by atoms with E-state index in [0.29, 0.717) is 22.6 Å². The Labute approximate surface area is 153 Å². The van der Waals surface area contributed by atoms with Crippen LogP contribution in [0.15, 0.2) is 24.5 Å². The van der Waals surface area contributed by atoms with Gasteiger partial charge in [-0.2, -0.15) is 0 Å². The molecule has 1 aromatic heterocycles. The highest BCUT2D eigenvalue weighted by Gasteiger charge is 2.15. The molecule has 1 fully saturated rings. The van der Waals surface area contributed by atoms with Gasteiger partial charge in [-0.25, -0.2) is 9.97 Å². The molecule has 1 aromatic carbocycles. The standard InChI is InChI=1S/C19H23ClN4O/c1-12-8-13(2)18(15(20)9-12)24-19(25)16-10-22-17(11-21-16)23-14-6-4-3-5-7-14/h8-11,14H,3-7H2,1-2H3,(H,22,23)(H,24,25).